The van der Waals surface area contributed by atoms with Gasteiger partial charge in [0, 0.05) is 19.2 Å². The minimum atomic E-state index is -4.23. The first-order valence-electron chi connectivity index (χ1n) is 8.26. The summed E-state index contributed by atoms with van der Waals surface area (Å²) in [5.74, 6) is -0.995. The van der Waals surface area contributed by atoms with E-state index in [1.165, 1.54) is 12.1 Å². The second-order valence-corrected chi connectivity index (χ2v) is 7.65. The highest BCUT2D eigenvalue weighted by atomic mass is 32.2. The lowest BCUT2D eigenvalue weighted by atomic mass is 10.1. The van der Waals surface area contributed by atoms with E-state index in [0.29, 0.717) is 26.3 Å². The Morgan fingerprint density at radius 2 is 1.86 bits per heavy atom. The third-order valence-electron chi connectivity index (χ3n) is 4.15. The molecule has 1 amide bonds. The molecule has 1 heterocycles. The van der Waals surface area contributed by atoms with Gasteiger partial charge in [-0.05, 0) is 24.3 Å². The number of hydrogen-bond donors (Lipinski definition) is 2. The van der Waals surface area contributed by atoms with Crippen LogP contribution in [-0.4, -0.2) is 55.6 Å². The summed E-state index contributed by atoms with van der Waals surface area (Å²) >= 11 is 0. The fourth-order valence-electron chi connectivity index (χ4n) is 2.72. The number of carbonyl (C=O) groups is 1. The van der Waals surface area contributed by atoms with Crippen LogP contribution in [0.15, 0.2) is 47.4 Å². The molecular formula is C17H17N3O7S. The van der Waals surface area contributed by atoms with E-state index in [0.717, 1.165) is 18.2 Å². The van der Waals surface area contributed by atoms with Crippen molar-refractivity contribution in [2.24, 2.45) is 0 Å². The molecule has 0 aromatic heterocycles. The quantitative estimate of drug-likeness (QED) is 0.566. The van der Waals surface area contributed by atoms with Crippen LogP contribution in [0.3, 0.4) is 0 Å². The monoisotopic (exact) mass is 407 g/mol. The molecule has 0 atom stereocenters. The number of sulfonamides is 1. The number of amides is 1. The molecule has 1 aliphatic rings. The van der Waals surface area contributed by atoms with Crippen molar-refractivity contribution in [3.63, 3.8) is 0 Å². The van der Waals surface area contributed by atoms with Gasteiger partial charge in [-0.15, -0.1) is 0 Å². The van der Waals surface area contributed by atoms with E-state index >= 15 is 0 Å². The standard InChI is InChI=1S/C17H17N3O7S/c21-16-6-5-12(11-15(16)20(23)24)28(25,26)18-14-4-2-1-3-13(14)17(22)19-7-9-27-10-8-19/h1-6,11,18,21H,7-10H2. The smallest absolute Gasteiger partial charge is 0.312 e. The molecule has 0 bridgehead atoms. The molecule has 11 heteroatoms. The van der Waals surface area contributed by atoms with Crippen molar-refractivity contribution >= 4 is 27.3 Å². The van der Waals surface area contributed by atoms with Gasteiger partial charge in [-0.1, -0.05) is 12.1 Å². The zero-order chi connectivity index (χ0) is 20.3. The van der Waals surface area contributed by atoms with Crippen LogP contribution >= 0.6 is 0 Å². The number of rotatable bonds is 5. The number of para-hydroxylation sites is 1. The van der Waals surface area contributed by atoms with E-state index in [-0.39, 0.29) is 17.2 Å². The zero-order valence-corrected chi connectivity index (χ0v) is 15.4. The molecule has 148 valence electrons. The number of carbonyl (C=O) groups excluding carboxylic acids is 1. The summed E-state index contributed by atoms with van der Waals surface area (Å²) in [6.07, 6.45) is 0. The molecule has 28 heavy (non-hydrogen) atoms. The maximum absolute atomic E-state index is 12.7. The topological polar surface area (TPSA) is 139 Å². The number of hydrogen-bond acceptors (Lipinski definition) is 7. The number of ether oxygens (including phenoxy) is 1. The number of nitrogens with one attached hydrogen (secondary N) is 1. The molecule has 0 aliphatic carbocycles. The Balaban J connectivity index is 1.92. The van der Waals surface area contributed by atoms with E-state index in [1.807, 2.05) is 0 Å². The first kappa shape index (κ1) is 19.6. The first-order chi connectivity index (χ1) is 13.3. The van der Waals surface area contributed by atoms with Gasteiger partial charge < -0.3 is 14.7 Å². The van der Waals surface area contributed by atoms with Gasteiger partial charge in [-0.25, -0.2) is 8.42 Å². The Hall–Kier alpha value is -3.18. The Morgan fingerprint density at radius 3 is 2.54 bits per heavy atom. The summed E-state index contributed by atoms with van der Waals surface area (Å²) in [5, 5.41) is 20.5. The summed E-state index contributed by atoms with van der Waals surface area (Å²) in [5.41, 5.74) is -0.531. The summed E-state index contributed by atoms with van der Waals surface area (Å²) in [7, 11) is -4.23. The molecule has 2 aromatic carbocycles. The van der Waals surface area contributed by atoms with E-state index in [9.17, 15) is 28.4 Å². The molecule has 10 nitrogen and oxygen atoms in total. The molecule has 2 N–H and O–H groups in total. The number of aromatic hydroxyl groups is 1. The average Bonchev–Trinajstić information content (AvgIpc) is 2.68. The fourth-order valence-corrected chi connectivity index (χ4v) is 3.82. The summed E-state index contributed by atoms with van der Waals surface area (Å²) in [4.78, 5) is 24.0. The summed E-state index contributed by atoms with van der Waals surface area (Å²) in [6.45, 7) is 1.59. The fraction of sp³-hybridized carbons (Fsp3) is 0.235. The molecule has 1 fully saturated rings. The average molecular weight is 407 g/mol. The third-order valence-corrected chi connectivity index (χ3v) is 5.52. The minimum Gasteiger partial charge on any atom is -0.502 e. The van der Waals surface area contributed by atoms with Crippen molar-refractivity contribution in [3.8, 4) is 5.75 Å². The highest BCUT2D eigenvalue weighted by Gasteiger charge is 2.25. The van der Waals surface area contributed by atoms with Crippen LogP contribution < -0.4 is 4.72 Å². The largest absolute Gasteiger partial charge is 0.502 e. The molecule has 0 unspecified atom stereocenters. The van der Waals surface area contributed by atoms with Gasteiger partial charge in [0.05, 0.1) is 34.3 Å². The number of benzene rings is 2. The molecule has 3 rings (SSSR count). The summed E-state index contributed by atoms with van der Waals surface area (Å²) in [6, 6.07) is 8.82. The Morgan fingerprint density at radius 1 is 1.18 bits per heavy atom. The Kier molecular flexibility index (Phi) is 5.47. The second-order valence-electron chi connectivity index (χ2n) is 5.96. The van der Waals surface area contributed by atoms with E-state index in [1.54, 1.807) is 17.0 Å². The first-order valence-corrected chi connectivity index (χ1v) is 9.74. The van der Waals surface area contributed by atoms with Gasteiger partial charge in [0.15, 0.2) is 5.75 Å². The number of morpholine rings is 1. The van der Waals surface area contributed by atoms with E-state index in [4.69, 9.17) is 4.74 Å². The lowest BCUT2D eigenvalue weighted by Crippen LogP contribution is -2.41. The van der Waals surface area contributed by atoms with Crippen LogP contribution in [-0.2, 0) is 14.8 Å². The number of phenolic OH excluding ortho intramolecular Hbond substituents is 1. The van der Waals surface area contributed by atoms with Crippen molar-refractivity contribution in [3.05, 3.63) is 58.1 Å². The third kappa shape index (κ3) is 4.05. The highest BCUT2D eigenvalue weighted by Crippen LogP contribution is 2.29. The van der Waals surface area contributed by atoms with Crippen LogP contribution in [0.25, 0.3) is 0 Å². The van der Waals surface area contributed by atoms with Gasteiger partial charge in [0.1, 0.15) is 0 Å². The van der Waals surface area contributed by atoms with Crippen molar-refractivity contribution in [2.45, 2.75) is 4.90 Å². The highest BCUT2D eigenvalue weighted by molar-refractivity contribution is 7.92. The number of phenols is 1. The summed E-state index contributed by atoms with van der Waals surface area (Å²) < 4.78 is 32.9. The molecule has 0 saturated carbocycles. The van der Waals surface area contributed by atoms with Gasteiger partial charge in [-0.3, -0.25) is 19.6 Å². The normalized spacial score (nSPS) is 14.5. The van der Waals surface area contributed by atoms with Crippen molar-refractivity contribution in [2.75, 3.05) is 31.0 Å². The van der Waals surface area contributed by atoms with Gasteiger partial charge in [0.2, 0.25) is 0 Å². The zero-order valence-electron chi connectivity index (χ0n) is 14.6. The van der Waals surface area contributed by atoms with Crippen LogP contribution in [0.5, 0.6) is 5.75 Å². The Labute approximate surface area is 160 Å². The van der Waals surface area contributed by atoms with Gasteiger partial charge in [-0.2, -0.15) is 0 Å². The molecule has 1 aliphatic heterocycles. The van der Waals surface area contributed by atoms with E-state index < -0.39 is 31.3 Å². The molecule has 0 spiro atoms. The van der Waals surface area contributed by atoms with E-state index in [2.05, 4.69) is 4.72 Å². The van der Waals surface area contributed by atoms with Crippen LogP contribution in [0.4, 0.5) is 11.4 Å². The van der Waals surface area contributed by atoms with Crippen LogP contribution in [0, 0.1) is 10.1 Å². The SMILES string of the molecule is O=C(c1ccccc1NS(=O)(=O)c1ccc(O)c([N+](=O)[O-])c1)N1CCOCC1. The number of nitrogens with zero attached hydrogens (tertiary/aromatic N) is 2. The number of nitro groups is 1. The number of anilines is 1. The van der Waals surface area contributed by atoms with Crippen molar-refractivity contribution < 1.29 is 28.0 Å². The predicted molar refractivity (Wildman–Crippen MR) is 98.7 cm³/mol. The van der Waals surface area contributed by atoms with Crippen molar-refractivity contribution in [1.82, 2.24) is 4.90 Å². The number of nitro benzene ring substituents is 1. The molecule has 1 saturated heterocycles. The van der Waals surface area contributed by atoms with Gasteiger partial charge in [0.25, 0.3) is 15.9 Å². The molecule has 0 radical (unpaired) electrons. The minimum absolute atomic E-state index is 0.0507. The molecular weight excluding hydrogens is 390 g/mol. The van der Waals surface area contributed by atoms with Crippen LogP contribution in [0.1, 0.15) is 10.4 Å². The lowest BCUT2D eigenvalue weighted by molar-refractivity contribution is -0.386. The lowest BCUT2D eigenvalue weighted by Gasteiger charge is -2.27. The molecule has 2 aromatic rings. The Bertz CT molecular complexity index is 1020. The maximum atomic E-state index is 12.7. The van der Waals surface area contributed by atoms with Crippen LogP contribution in [0.2, 0.25) is 0 Å². The maximum Gasteiger partial charge on any atom is 0.312 e. The predicted octanol–water partition coefficient (Wildman–Crippen LogP) is 1.57. The van der Waals surface area contributed by atoms with Gasteiger partial charge >= 0.3 is 5.69 Å². The second kappa shape index (κ2) is 7.82. The van der Waals surface area contributed by atoms with Crippen molar-refractivity contribution in [1.29, 1.82) is 0 Å².